The van der Waals surface area contributed by atoms with Crippen LogP contribution in [-0.4, -0.2) is 40.8 Å². The summed E-state index contributed by atoms with van der Waals surface area (Å²) in [5.74, 6) is -2.62. The maximum Gasteiger partial charge on any atom is 0.320 e. The topological polar surface area (TPSA) is 113 Å². The van der Waals surface area contributed by atoms with Crippen LogP contribution in [0.3, 0.4) is 0 Å². The number of carboxylic acids is 2. The van der Waals surface area contributed by atoms with Gasteiger partial charge in [0.1, 0.15) is 12.1 Å². The lowest BCUT2D eigenvalue weighted by atomic mass is 10.1. The first kappa shape index (κ1) is 8.06. The van der Waals surface area contributed by atoms with Crippen molar-refractivity contribution in [3.63, 3.8) is 0 Å². The molecule has 0 saturated carbocycles. The van der Waals surface area contributed by atoms with E-state index >= 15 is 0 Å². The van der Waals surface area contributed by atoms with Crippen LogP contribution in [0.15, 0.2) is 0 Å². The highest BCUT2D eigenvalue weighted by Crippen LogP contribution is 1.98. The molecule has 0 aromatic rings. The molecule has 0 saturated heterocycles. The second-order valence-corrected chi connectivity index (χ2v) is 2.94. The van der Waals surface area contributed by atoms with Crippen LogP contribution < -0.4 is 11.1 Å². The Labute approximate surface area is 94.1 Å². The van der Waals surface area contributed by atoms with Crippen molar-refractivity contribution in [2.24, 2.45) is 5.73 Å². The third-order valence-corrected chi connectivity index (χ3v) is 1.63. The quantitative estimate of drug-likeness (QED) is 0.446. The van der Waals surface area contributed by atoms with Gasteiger partial charge in [-0.1, -0.05) is 6.37 Å². The second kappa shape index (κ2) is 7.19. The fourth-order valence-corrected chi connectivity index (χ4v) is 0.623. The summed E-state index contributed by atoms with van der Waals surface area (Å²) in [6, 6.07) is -2.57. The smallest absolute Gasteiger partial charge is 0.320 e. The first-order chi connectivity index (χ1) is 8.40. The van der Waals surface area contributed by atoms with E-state index in [1.54, 1.807) is 0 Å². The Hall–Kier alpha value is -1.14. The predicted molar refractivity (Wildman–Crippen MR) is 54.6 cm³/mol. The Morgan fingerprint density at radius 3 is 2.47 bits per heavy atom. The number of hydrogen-bond acceptors (Lipinski definition) is 4. The van der Waals surface area contributed by atoms with Crippen molar-refractivity contribution in [2.45, 2.75) is 38.2 Å². The molecule has 0 spiro atoms. The molecule has 0 rings (SSSR count). The van der Waals surface area contributed by atoms with E-state index in [1.165, 1.54) is 6.92 Å². The van der Waals surface area contributed by atoms with Gasteiger partial charge in [-0.2, -0.15) is 0 Å². The van der Waals surface area contributed by atoms with Crippen molar-refractivity contribution >= 4 is 11.9 Å². The zero-order valence-electron chi connectivity index (χ0n) is 12.4. The Balaban J connectivity index is 4.68. The third kappa shape index (κ3) is 6.87. The van der Waals surface area contributed by atoms with Gasteiger partial charge in [0.15, 0.2) is 0 Å². The average Bonchev–Trinajstić information content (AvgIpc) is 2.24. The Morgan fingerprint density at radius 1 is 1.40 bits per heavy atom. The van der Waals surface area contributed by atoms with Gasteiger partial charge in [0.2, 0.25) is 0 Å². The first-order valence-corrected chi connectivity index (χ1v) is 4.35. The minimum absolute atomic E-state index is 0.570. The van der Waals surface area contributed by atoms with E-state index in [0.717, 1.165) is 0 Å². The number of aliphatic carboxylic acids is 2. The van der Waals surface area contributed by atoms with Crippen molar-refractivity contribution in [1.82, 2.24) is 5.32 Å². The van der Waals surface area contributed by atoms with Gasteiger partial charge in [0, 0.05) is 5.48 Å². The Morgan fingerprint density at radius 2 is 2.00 bits per heavy atom. The minimum Gasteiger partial charge on any atom is -0.480 e. The van der Waals surface area contributed by atoms with Crippen LogP contribution in [0, 0.1) is 0 Å². The molecule has 1 unspecified atom stereocenters. The monoisotopic (exact) mass is 222 g/mol. The zero-order chi connectivity index (χ0) is 15.4. The van der Waals surface area contributed by atoms with Crippen LogP contribution in [0.4, 0.5) is 0 Å². The maximum atomic E-state index is 10.6. The molecule has 0 heterocycles. The molecule has 0 amide bonds. The summed E-state index contributed by atoms with van der Waals surface area (Å²) < 4.78 is 30.3. The van der Waals surface area contributed by atoms with Crippen molar-refractivity contribution in [3.05, 3.63) is 0 Å². The third-order valence-electron chi connectivity index (χ3n) is 1.63. The van der Waals surface area contributed by atoms with E-state index in [0.29, 0.717) is 0 Å². The number of nitrogens with one attached hydrogen (secondary N) is 1. The van der Waals surface area contributed by atoms with Gasteiger partial charge in [-0.25, -0.2) is 0 Å². The fourth-order valence-electron chi connectivity index (χ4n) is 0.623. The molecule has 6 nitrogen and oxygen atoms in total. The molecule has 0 fully saturated rings. The molecule has 0 radical (unpaired) electrons. The molecule has 0 aromatic heterocycles. The summed E-state index contributed by atoms with van der Waals surface area (Å²) in [7, 11) is 0. The summed E-state index contributed by atoms with van der Waals surface area (Å²) in [6.07, 6.45) is -5.67. The van der Waals surface area contributed by atoms with Gasteiger partial charge < -0.3 is 21.3 Å². The second-order valence-electron chi connectivity index (χ2n) is 2.94. The van der Waals surface area contributed by atoms with Crippen molar-refractivity contribution < 1.29 is 25.3 Å². The number of carboxylic acid groups (broad SMARTS) is 2. The number of carbonyl (C=O) groups is 2. The van der Waals surface area contributed by atoms with E-state index in [9.17, 15) is 9.59 Å². The lowest BCUT2D eigenvalue weighted by Crippen LogP contribution is -2.34. The molecule has 88 valence electrons. The van der Waals surface area contributed by atoms with Gasteiger partial charge in [-0.05, 0) is 26.3 Å². The van der Waals surface area contributed by atoms with Gasteiger partial charge in [-0.3, -0.25) is 9.59 Å². The highest BCUT2D eigenvalue weighted by Gasteiger charge is 2.11. The lowest BCUT2D eigenvalue weighted by Gasteiger charge is -2.09. The molecular weight excluding hydrogens is 200 g/mol. The van der Waals surface area contributed by atoms with Gasteiger partial charge in [0.05, 0.1) is 0 Å². The van der Waals surface area contributed by atoms with E-state index in [2.05, 4.69) is 5.32 Å². The molecule has 0 aliphatic carbocycles. The summed E-state index contributed by atoms with van der Waals surface area (Å²) >= 11 is 0. The average molecular weight is 222 g/mol. The molecule has 0 aliphatic heterocycles. The molecular formula is C9H18N2O4. The standard InChI is InChI=1S/C9H18N2O4/c1-6(8(12)13)11-5-3-2-4-7(10)9(14)15/h6-7,11H,2-5,10H2,1H3,(H,12,13)(H,14,15)/t6?,7-/m1/s1/i2D2,3D2. The van der Waals surface area contributed by atoms with Crippen molar-refractivity contribution in [3.8, 4) is 0 Å². The van der Waals surface area contributed by atoms with E-state index in [-0.39, 0.29) is 0 Å². The first-order valence-electron chi connectivity index (χ1n) is 6.35. The summed E-state index contributed by atoms with van der Waals surface area (Å²) in [5.41, 5.74) is 5.18. The molecule has 15 heavy (non-hydrogen) atoms. The molecule has 0 aromatic carbocycles. The minimum atomic E-state index is -2.50. The van der Waals surface area contributed by atoms with E-state index in [1.807, 2.05) is 0 Å². The highest BCUT2D eigenvalue weighted by molar-refractivity contribution is 5.73. The van der Waals surface area contributed by atoms with Crippen molar-refractivity contribution in [2.75, 3.05) is 6.54 Å². The van der Waals surface area contributed by atoms with Gasteiger partial charge >= 0.3 is 11.9 Å². The summed E-state index contributed by atoms with van der Waals surface area (Å²) in [5, 5.41) is 19.5. The lowest BCUT2D eigenvalue weighted by molar-refractivity contribution is -0.139. The fraction of sp³-hybridized carbons (Fsp3) is 0.778. The molecule has 5 N–H and O–H groups in total. The molecule has 0 bridgehead atoms. The van der Waals surface area contributed by atoms with E-state index in [4.69, 9.17) is 21.4 Å². The normalized spacial score (nSPS) is 20.4. The SMILES string of the molecule is [2H]C([2H])(CNC(C)C(=O)O)C([2H])([2H])C[C@@H](N)C(=O)O. The van der Waals surface area contributed by atoms with Crippen molar-refractivity contribution in [1.29, 1.82) is 0 Å². The Bertz CT molecular complexity index is 351. The maximum absolute atomic E-state index is 10.6. The van der Waals surface area contributed by atoms with E-state index < -0.39 is 49.7 Å². The Kier molecular flexibility index (Phi) is 3.87. The van der Waals surface area contributed by atoms with Crippen LogP contribution in [-0.2, 0) is 9.59 Å². The highest BCUT2D eigenvalue weighted by atomic mass is 16.4. The van der Waals surface area contributed by atoms with Gasteiger partial charge in [-0.15, -0.1) is 0 Å². The summed E-state index contributed by atoms with van der Waals surface area (Å²) in [6.45, 7) is 0.719. The van der Waals surface area contributed by atoms with Crippen LogP contribution in [0.25, 0.3) is 0 Å². The number of rotatable bonds is 8. The predicted octanol–water partition coefficient (Wildman–Crippen LogP) is -0.369. The van der Waals surface area contributed by atoms with Gasteiger partial charge in [0.25, 0.3) is 0 Å². The van der Waals surface area contributed by atoms with Crippen LogP contribution in [0.2, 0.25) is 0 Å². The number of nitrogens with two attached hydrogens (primary N) is 1. The summed E-state index contributed by atoms with van der Waals surface area (Å²) in [4.78, 5) is 21.1. The zero-order valence-corrected chi connectivity index (χ0v) is 8.36. The van der Waals surface area contributed by atoms with Crippen LogP contribution in [0.1, 0.15) is 31.6 Å². The molecule has 0 aliphatic rings. The largest absolute Gasteiger partial charge is 0.480 e. The number of hydrogen-bond donors (Lipinski definition) is 4. The van der Waals surface area contributed by atoms with Crippen LogP contribution in [0.5, 0.6) is 0 Å². The van der Waals surface area contributed by atoms with Crippen LogP contribution >= 0.6 is 0 Å². The molecule has 6 heteroatoms. The molecule has 2 atom stereocenters.